The Morgan fingerprint density at radius 3 is 1.91 bits per heavy atom. The predicted octanol–water partition coefficient (Wildman–Crippen LogP) is 3.16. The third-order valence-electron chi connectivity index (χ3n) is 3.41. The van der Waals surface area contributed by atoms with Gasteiger partial charge in [0.05, 0.1) is 14.2 Å². The number of nitrogens with one attached hydrogen (secondary N) is 1. The average Bonchev–Trinajstić information content (AvgIpc) is 2.49. The lowest BCUT2D eigenvalue weighted by Crippen LogP contribution is -2.14. The van der Waals surface area contributed by atoms with Crippen molar-refractivity contribution < 1.29 is 14.3 Å². The van der Waals surface area contributed by atoms with Crippen LogP contribution in [0.4, 0.5) is 11.4 Å². The summed E-state index contributed by atoms with van der Waals surface area (Å²) in [7, 11) is 3.09. The maximum atomic E-state index is 12.5. The average molecular weight is 300 g/mol. The molecular weight excluding hydrogens is 280 g/mol. The number of methoxy groups -OCH3 is 2. The minimum absolute atomic E-state index is 0.229. The molecule has 0 saturated heterocycles. The molecule has 0 radical (unpaired) electrons. The van der Waals surface area contributed by atoms with Crippen molar-refractivity contribution in [1.29, 1.82) is 0 Å². The standard InChI is InChI=1S/C17H20N2O3/c1-10-5-13(18)6-11(2)16(10)19-17(20)12-7-14(21-3)9-15(8-12)22-4/h5-9H,18H2,1-4H3,(H,19,20). The molecule has 5 nitrogen and oxygen atoms in total. The van der Waals surface area contributed by atoms with Crippen molar-refractivity contribution in [2.24, 2.45) is 0 Å². The summed E-state index contributed by atoms with van der Waals surface area (Å²) >= 11 is 0. The van der Waals surface area contributed by atoms with Crippen molar-refractivity contribution in [3.63, 3.8) is 0 Å². The second-order valence-electron chi connectivity index (χ2n) is 5.09. The van der Waals surface area contributed by atoms with Crippen LogP contribution in [-0.4, -0.2) is 20.1 Å². The first kappa shape index (κ1) is 15.7. The second-order valence-corrected chi connectivity index (χ2v) is 5.09. The zero-order valence-corrected chi connectivity index (χ0v) is 13.2. The highest BCUT2D eigenvalue weighted by Gasteiger charge is 2.13. The van der Waals surface area contributed by atoms with Crippen molar-refractivity contribution in [2.75, 3.05) is 25.3 Å². The maximum absolute atomic E-state index is 12.5. The predicted molar refractivity (Wildman–Crippen MR) is 87.8 cm³/mol. The minimum atomic E-state index is -0.229. The number of nitrogens with two attached hydrogens (primary N) is 1. The molecule has 0 unspecified atom stereocenters. The molecular formula is C17H20N2O3. The van der Waals surface area contributed by atoms with Gasteiger partial charge in [0.25, 0.3) is 5.91 Å². The Morgan fingerprint density at radius 2 is 1.45 bits per heavy atom. The lowest BCUT2D eigenvalue weighted by Gasteiger charge is -2.14. The van der Waals surface area contributed by atoms with E-state index in [9.17, 15) is 4.79 Å². The first-order chi connectivity index (χ1) is 10.4. The van der Waals surface area contributed by atoms with Crippen LogP contribution in [0.1, 0.15) is 21.5 Å². The number of hydrogen-bond donors (Lipinski definition) is 2. The Bertz CT molecular complexity index is 666. The number of rotatable bonds is 4. The molecule has 0 spiro atoms. The molecule has 2 aromatic carbocycles. The molecule has 0 aliphatic rings. The summed E-state index contributed by atoms with van der Waals surface area (Å²) < 4.78 is 10.4. The van der Waals surface area contributed by atoms with E-state index in [2.05, 4.69) is 5.32 Å². The van der Waals surface area contributed by atoms with Gasteiger partial charge in [0.15, 0.2) is 0 Å². The number of carbonyl (C=O) groups excluding carboxylic acids is 1. The highest BCUT2D eigenvalue weighted by molar-refractivity contribution is 6.05. The van der Waals surface area contributed by atoms with Crippen LogP contribution in [0.25, 0.3) is 0 Å². The van der Waals surface area contributed by atoms with Gasteiger partial charge in [-0.3, -0.25) is 4.79 Å². The third kappa shape index (κ3) is 3.31. The van der Waals surface area contributed by atoms with E-state index in [0.29, 0.717) is 22.7 Å². The van der Waals surface area contributed by atoms with Gasteiger partial charge >= 0.3 is 0 Å². The monoisotopic (exact) mass is 300 g/mol. The molecule has 0 fully saturated rings. The van der Waals surface area contributed by atoms with Crippen LogP contribution in [0.15, 0.2) is 30.3 Å². The maximum Gasteiger partial charge on any atom is 0.255 e. The van der Waals surface area contributed by atoms with E-state index >= 15 is 0 Å². The number of amides is 1. The van der Waals surface area contributed by atoms with Gasteiger partial charge in [-0.05, 0) is 49.2 Å². The van der Waals surface area contributed by atoms with Gasteiger partial charge in [-0.25, -0.2) is 0 Å². The van der Waals surface area contributed by atoms with Crippen LogP contribution >= 0.6 is 0 Å². The third-order valence-corrected chi connectivity index (χ3v) is 3.41. The number of nitrogen functional groups attached to an aromatic ring is 1. The first-order valence-electron chi connectivity index (χ1n) is 6.85. The van der Waals surface area contributed by atoms with Crippen molar-refractivity contribution in [2.45, 2.75) is 13.8 Å². The summed E-state index contributed by atoms with van der Waals surface area (Å²) in [6.07, 6.45) is 0. The van der Waals surface area contributed by atoms with E-state index in [1.807, 2.05) is 26.0 Å². The van der Waals surface area contributed by atoms with Gasteiger partial charge in [-0.1, -0.05) is 0 Å². The molecule has 1 amide bonds. The summed E-state index contributed by atoms with van der Waals surface area (Å²) in [6, 6.07) is 8.71. The molecule has 0 atom stereocenters. The van der Waals surface area contributed by atoms with Gasteiger partial charge in [-0.2, -0.15) is 0 Å². The Morgan fingerprint density at radius 1 is 0.955 bits per heavy atom. The zero-order chi connectivity index (χ0) is 16.3. The summed E-state index contributed by atoms with van der Waals surface area (Å²) in [4.78, 5) is 12.5. The first-order valence-corrected chi connectivity index (χ1v) is 6.85. The van der Waals surface area contributed by atoms with Crippen LogP contribution in [0.3, 0.4) is 0 Å². The summed E-state index contributed by atoms with van der Waals surface area (Å²) in [5.74, 6) is 0.902. The number of benzene rings is 2. The van der Waals surface area contributed by atoms with E-state index in [-0.39, 0.29) is 5.91 Å². The quantitative estimate of drug-likeness (QED) is 0.851. The highest BCUT2D eigenvalue weighted by atomic mass is 16.5. The summed E-state index contributed by atoms with van der Waals surface area (Å²) in [5, 5.41) is 2.92. The second kappa shape index (κ2) is 6.39. The van der Waals surface area contributed by atoms with E-state index in [4.69, 9.17) is 15.2 Å². The molecule has 0 heterocycles. The van der Waals surface area contributed by atoms with Gasteiger partial charge in [0, 0.05) is 23.0 Å². The molecule has 2 aromatic rings. The van der Waals surface area contributed by atoms with Crippen molar-refractivity contribution in [3.8, 4) is 11.5 Å². The Balaban J connectivity index is 2.34. The van der Waals surface area contributed by atoms with Crippen LogP contribution in [0.5, 0.6) is 11.5 Å². The normalized spacial score (nSPS) is 10.2. The van der Waals surface area contributed by atoms with Gasteiger partial charge < -0.3 is 20.5 Å². The molecule has 3 N–H and O–H groups in total. The van der Waals surface area contributed by atoms with Crippen molar-refractivity contribution in [3.05, 3.63) is 47.0 Å². The van der Waals surface area contributed by atoms with E-state index in [1.54, 1.807) is 32.4 Å². The Kier molecular flexibility index (Phi) is 4.56. The molecule has 2 rings (SSSR count). The molecule has 116 valence electrons. The van der Waals surface area contributed by atoms with Crippen LogP contribution < -0.4 is 20.5 Å². The van der Waals surface area contributed by atoms with Crippen LogP contribution in [0, 0.1) is 13.8 Å². The topological polar surface area (TPSA) is 73.6 Å². The summed E-state index contributed by atoms with van der Waals surface area (Å²) in [6.45, 7) is 3.82. The molecule has 0 aliphatic carbocycles. The fourth-order valence-electron chi connectivity index (χ4n) is 2.32. The largest absolute Gasteiger partial charge is 0.497 e. The van der Waals surface area contributed by atoms with Crippen molar-refractivity contribution >= 4 is 17.3 Å². The highest BCUT2D eigenvalue weighted by Crippen LogP contribution is 2.26. The molecule has 5 heteroatoms. The zero-order valence-electron chi connectivity index (χ0n) is 13.2. The molecule has 0 aromatic heterocycles. The lowest BCUT2D eigenvalue weighted by atomic mass is 10.1. The Labute approximate surface area is 130 Å². The van der Waals surface area contributed by atoms with Gasteiger partial charge in [-0.15, -0.1) is 0 Å². The molecule has 0 saturated carbocycles. The summed E-state index contributed by atoms with van der Waals surface area (Å²) in [5.41, 5.74) is 9.54. The van der Waals surface area contributed by atoms with Crippen LogP contribution in [0.2, 0.25) is 0 Å². The number of hydrogen-bond acceptors (Lipinski definition) is 4. The van der Waals surface area contributed by atoms with Gasteiger partial charge in [0.2, 0.25) is 0 Å². The van der Waals surface area contributed by atoms with Gasteiger partial charge in [0.1, 0.15) is 11.5 Å². The fourth-order valence-corrected chi connectivity index (χ4v) is 2.32. The number of aryl methyl sites for hydroxylation is 2. The number of carbonyl (C=O) groups is 1. The minimum Gasteiger partial charge on any atom is -0.497 e. The van der Waals surface area contributed by atoms with Crippen molar-refractivity contribution in [1.82, 2.24) is 0 Å². The van der Waals surface area contributed by atoms with E-state index < -0.39 is 0 Å². The van der Waals surface area contributed by atoms with E-state index in [1.165, 1.54) is 0 Å². The molecule has 0 aliphatic heterocycles. The number of ether oxygens (including phenoxy) is 2. The van der Waals surface area contributed by atoms with E-state index in [0.717, 1.165) is 16.8 Å². The number of anilines is 2. The lowest BCUT2D eigenvalue weighted by molar-refractivity contribution is 0.102. The van der Waals surface area contributed by atoms with Crippen LogP contribution in [-0.2, 0) is 0 Å². The smallest absolute Gasteiger partial charge is 0.255 e. The Hall–Kier alpha value is -2.69. The fraction of sp³-hybridized carbons (Fsp3) is 0.235. The SMILES string of the molecule is COc1cc(OC)cc(C(=O)Nc2c(C)cc(N)cc2C)c1. The molecule has 0 bridgehead atoms. The molecule has 22 heavy (non-hydrogen) atoms.